The van der Waals surface area contributed by atoms with Crippen molar-refractivity contribution in [1.29, 1.82) is 5.26 Å². The highest BCUT2D eigenvalue weighted by molar-refractivity contribution is 7.98. The zero-order chi connectivity index (χ0) is 20.6. The molecule has 1 aliphatic heterocycles. The van der Waals surface area contributed by atoms with E-state index in [1.807, 2.05) is 24.3 Å². The van der Waals surface area contributed by atoms with Crippen LogP contribution in [-0.4, -0.2) is 36.5 Å². The van der Waals surface area contributed by atoms with Crippen molar-refractivity contribution in [3.8, 4) is 6.07 Å². The van der Waals surface area contributed by atoms with E-state index in [0.29, 0.717) is 22.8 Å². The van der Waals surface area contributed by atoms with Gasteiger partial charge in [-0.2, -0.15) is 5.26 Å². The molecule has 1 fully saturated rings. The molecule has 0 N–H and O–H groups in total. The average molecular weight is 409 g/mol. The molecular formula is C23H24N2O3S. The molecule has 1 saturated heterocycles. The molecule has 0 saturated carbocycles. The van der Waals surface area contributed by atoms with Gasteiger partial charge in [0, 0.05) is 23.7 Å². The van der Waals surface area contributed by atoms with Crippen molar-refractivity contribution in [1.82, 2.24) is 4.90 Å². The Labute approximate surface area is 175 Å². The predicted octanol–water partition coefficient (Wildman–Crippen LogP) is 4.27. The normalized spacial score (nSPS) is 14.3. The van der Waals surface area contributed by atoms with Crippen LogP contribution in [0.25, 0.3) is 0 Å². The summed E-state index contributed by atoms with van der Waals surface area (Å²) in [6, 6.07) is 16.7. The third-order valence-corrected chi connectivity index (χ3v) is 6.19. The summed E-state index contributed by atoms with van der Waals surface area (Å²) in [4.78, 5) is 27.4. The first-order valence-electron chi connectivity index (χ1n) is 9.72. The smallest absolute Gasteiger partial charge is 0.339 e. The second-order valence-electron chi connectivity index (χ2n) is 7.23. The summed E-state index contributed by atoms with van der Waals surface area (Å²) >= 11 is 1.53. The highest BCUT2D eigenvalue weighted by Gasteiger charge is 2.22. The van der Waals surface area contributed by atoms with Crippen LogP contribution in [0.2, 0.25) is 0 Å². The predicted molar refractivity (Wildman–Crippen MR) is 112 cm³/mol. The molecule has 2 aromatic rings. The second-order valence-corrected chi connectivity index (χ2v) is 8.25. The first kappa shape index (κ1) is 20.9. The van der Waals surface area contributed by atoms with Crippen molar-refractivity contribution in [3.63, 3.8) is 0 Å². The van der Waals surface area contributed by atoms with Gasteiger partial charge in [-0.3, -0.25) is 4.79 Å². The molecule has 2 aromatic carbocycles. The SMILES string of the molecule is CC1CCN(C(=O)COC(=O)c2ccccc2SCc2ccc(C#N)cc2)CC1. The fourth-order valence-electron chi connectivity index (χ4n) is 3.15. The molecule has 0 aromatic heterocycles. The average Bonchev–Trinajstić information content (AvgIpc) is 2.77. The lowest BCUT2D eigenvalue weighted by Crippen LogP contribution is -2.40. The number of benzene rings is 2. The van der Waals surface area contributed by atoms with Crippen LogP contribution in [0.3, 0.4) is 0 Å². The van der Waals surface area contributed by atoms with Gasteiger partial charge in [0.05, 0.1) is 17.2 Å². The number of hydrogen-bond acceptors (Lipinski definition) is 5. The number of likely N-dealkylation sites (tertiary alicyclic amines) is 1. The monoisotopic (exact) mass is 408 g/mol. The fraction of sp³-hybridized carbons (Fsp3) is 0.348. The second kappa shape index (κ2) is 10.1. The van der Waals surface area contributed by atoms with E-state index in [0.717, 1.165) is 36.4 Å². The van der Waals surface area contributed by atoms with Crippen molar-refractivity contribution in [2.75, 3.05) is 19.7 Å². The van der Waals surface area contributed by atoms with E-state index in [9.17, 15) is 9.59 Å². The number of rotatable bonds is 6. The summed E-state index contributed by atoms with van der Waals surface area (Å²) in [6.45, 7) is 3.43. The molecule has 0 radical (unpaired) electrons. The van der Waals surface area contributed by atoms with Crippen LogP contribution in [0.15, 0.2) is 53.4 Å². The van der Waals surface area contributed by atoms with E-state index in [4.69, 9.17) is 10.00 Å². The lowest BCUT2D eigenvalue weighted by molar-refractivity contribution is -0.135. The molecule has 6 heteroatoms. The summed E-state index contributed by atoms with van der Waals surface area (Å²) in [5.41, 5.74) is 2.15. The maximum absolute atomic E-state index is 12.6. The molecule has 0 aliphatic carbocycles. The maximum Gasteiger partial charge on any atom is 0.339 e. The molecule has 0 spiro atoms. The van der Waals surface area contributed by atoms with Crippen molar-refractivity contribution >= 4 is 23.6 Å². The highest BCUT2D eigenvalue weighted by atomic mass is 32.2. The Morgan fingerprint density at radius 1 is 1.14 bits per heavy atom. The minimum absolute atomic E-state index is 0.132. The molecule has 1 aliphatic rings. The summed E-state index contributed by atoms with van der Waals surface area (Å²) in [7, 11) is 0. The van der Waals surface area contributed by atoms with Gasteiger partial charge in [0.2, 0.25) is 0 Å². The van der Waals surface area contributed by atoms with Crippen LogP contribution >= 0.6 is 11.8 Å². The van der Waals surface area contributed by atoms with E-state index in [-0.39, 0.29) is 12.5 Å². The molecular weight excluding hydrogens is 384 g/mol. The number of hydrogen-bond donors (Lipinski definition) is 0. The Bertz CT molecular complexity index is 897. The lowest BCUT2D eigenvalue weighted by atomic mass is 9.99. The number of carbonyl (C=O) groups excluding carboxylic acids is 2. The van der Waals surface area contributed by atoms with E-state index >= 15 is 0 Å². The minimum Gasteiger partial charge on any atom is -0.452 e. The molecule has 1 heterocycles. The van der Waals surface area contributed by atoms with Crippen LogP contribution in [-0.2, 0) is 15.3 Å². The van der Waals surface area contributed by atoms with E-state index in [1.165, 1.54) is 11.8 Å². The lowest BCUT2D eigenvalue weighted by Gasteiger charge is -2.30. The van der Waals surface area contributed by atoms with E-state index in [2.05, 4.69) is 13.0 Å². The highest BCUT2D eigenvalue weighted by Crippen LogP contribution is 2.27. The van der Waals surface area contributed by atoms with E-state index < -0.39 is 5.97 Å². The molecule has 0 unspecified atom stereocenters. The van der Waals surface area contributed by atoms with Gasteiger partial charge in [-0.05, 0) is 48.6 Å². The zero-order valence-electron chi connectivity index (χ0n) is 16.5. The number of nitriles is 1. The first-order valence-corrected chi connectivity index (χ1v) is 10.7. The molecule has 5 nitrogen and oxygen atoms in total. The van der Waals surface area contributed by atoms with Gasteiger partial charge < -0.3 is 9.64 Å². The molecule has 1 amide bonds. The van der Waals surface area contributed by atoms with Gasteiger partial charge in [-0.25, -0.2) is 4.79 Å². The number of esters is 1. The molecule has 29 heavy (non-hydrogen) atoms. The molecule has 0 bridgehead atoms. The largest absolute Gasteiger partial charge is 0.452 e. The van der Waals surface area contributed by atoms with Crippen molar-refractivity contribution in [2.24, 2.45) is 5.92 Å². The van der Waals surface area contributed by atoms with Gasteiger partial charge in [-0.15, -0.1) is 11.8 Å². The molecule has 150 valence electrons. The number of thioether (sulfide) groups is 1. The Balaban J connectivity index is 1.56. The van der Waals surface area contributed by atoms with Gasteiger partial charge in [0.25, 0.3) is 5.91 Å². The Kier molecular flexibility index (Phi) is 7.31. The summed E-state index contributed by atoms with van der Waals surface area (Å²) in [5.74, 6) is 0.696. The molecule has 3 rings (SSSR count). The fourth-order valence-corrected chi connectivity index (χ4v) is 4.15. The first-order chi connectivity index (χ1) is 14.1. The van der Waals surface area contributed by atoms with Crippen LogP contribution in [0.1, 0.15) is 41.3 Å². The van der Waals surface area contributed by atoms with Crippen molar-refractivity contribution < 1.29 is 14.3 Å². The zero-order valence-corrected chi connectivity index (χ0v) is 17.3. The van der Waals surface area contributed by atoms with Crippen LogP contribution in [0.5, 0.6) is 0 Å². The summed E-state index contributed by atoms with van der Waals surface area (Å²) < 4.78 is 5.31. The van der Waals surface area contributed by atoms with Crippen LogP contribution in [0, 0.1) is 17.2 Å². The number of carbonyl (C=O) groups is 2. The Hall–Kier alpha value is -2.78. The standard InChI is InChI=1S/C23H24N2O3S/c1-17-10-12-25(13-11-17)22(26)15-28-23(27)20-4-2-3-5-21(20)29-16-19-8-6-18(14-24)7-9-19/h2-9,17H,10-13,15-16H2,1H3. The van der Waals surface area contributed by atoms with Gasteiger partial charge >= 0.3 is 5.97 Å². The Morgan fingerprint density at radius 2 is 1.83 bits per heavy atom. The van der Waals surface area contributed by atoms with E-state index in [1.54, 1.807) is 29.2 Å². The van der Waals surface area contributed by atoms with Gasteiger partial charge in [0.15, 0.2) is 6.61 Å². The Morgan fingerprint density at radius 3 is 2.52 bits per heavy atom. The number of nitrogens with zero attached hydrogens (tertiary/aromatic N) is 2. The molecule has 0 atom stereocenters. The third kappa shape index (κ3) is 5.85. The minimum atomic E-state index is -0.480. The summed E-state index contributed by atoms with van der Waals surface area (Å²) in [6.07, 6.45) is 1.99. The number of piperidine rings is 1. The quantitative estimate of drug-likeness (QED) is 0.527. The summed E-state index contributed by atoms with van der Waals surface area (Å²) in [5, 5.41) is 8.88. The van der Waals surface area contributed by atoms with Crippen LogP contribution < -0.4 is 0 Å². The van der Waals surface area contributed by atoms with Gasteiger partial charge in [-0.1, -0.05) is 31.2 Å². The number of amides is 1. The van der Waals surface area contributed by atoms with Crippen molar-refractivity contribution in [2.45, 2.75) is 30.4 Å². The van der Waals surface area contributed by atoms with Crippen LogP contribution in [0.4, 0.5) is 0 Å². The third-order valence-electron chi connectivity index (χ3n) is 5.05. The van der Waals surface area contributed by atoms with Gasteiger partial charge in [0.1, 0.15) is 0 Å². The number of ether oxygens (including phenoxy) is 1. The van der Waals surface area contributed by atoms with Crippen molar-refractivity contribution in [3.05, 3.63) is 65.2 Å². The maximum atomic E-state index is 12.6. The topological polar surface area (TPSA) is 70.4 Å².